The van der Waals surface area contributed by atoms with E-state index in [0.29, 0.717) is 0 Å². The molecule has 3 nitrogen and oxygen atoms in total. The second-order valence-electron chi connectivity index (χ2n) is 3.40. The van der Waals surface area contributed by atoms with E-state index in [1.54, 1.807) is 0 Å². The van der Waals surface area contributed by atoms with Gasteiger partial charge in [-0.15, -0.1) is 0 Å². The summed E-state index contributed by atoms with van der Waals surface area (Å²) in [6, 6.07) is 0. The molecule has 0 radical (unpaired) electrons. The van der Waals surface area contributed by atoms with Gasteiger partial charge in [-0.3, -0.25) is 0 Å². The van der Waals surface area contributed by atoms with Crippen molar-refractivity contribution in [3.8, 4) is 5.75 Å². The van der Waals surface area contributed by atoms with E-state index >= 15 is 0 Å². The molecule has 0 aliphatic carbocycles. The normalized spacial score (nSPS) is 10.4. The molecular formula is C12H11F4IO3. The summed E-state index contributed by atoms with van der Waals surface area (Å²) in [7, 11) is 0. The highest BCUT2D eigenvalue weighted by atomic mass is 127. The first-order chi connectivity index (χ1) is 9.50. The molecule has 0 aromatic heterocycles. The highest BCUT2D eigenvalue weighted by Gasteiger charge is 2.25. The molecule has 112 valence electrons. The average Bonchev–Trinajstić information content (AvgIpc) is 2.45. The first-order valence-corrected chi connectivity index (χ1v) is 6.53. The number of rotatable bonds is 8. The molecular weight excluding hydrogens is 395 g/mol. The maximum absolute atomic E-state index is 13.4. The maximum atomic E-state index is 13.4. The molecule has 1 rings (SSSR count). The van der Waals surface area contributed by atoms with E-state index in [4.69, 9.17) is 9.47 Å². The van der Waals surface area contributed by atoms with Crippen LogP contribution in [0.5, 0.6) is 5.75 Å². The summed E-state index contributed by atoms with van der Waals surface area (Å²) in [6.07, 6.45) is 1.24. The van der Waals surface area contributed by atoms with Crippen LogP contribution in [0.15, 0.2) is 12.8 Å². The van der Waals surface area contributed by atoms with Crippen molar-refractivity contribution in [3.05, 3.63) is 39.7 Å². The molecule has 1 aromatic rings. The summed E-state index contributed by atoms with van der Waals surface area (Å²) >= 11 is 1.17. The number of halogens is 5. The van der Waals surface area contributed by atoms with Crippen LogP contribution in [0.4, 0.5) is 17.6 Å². The molecule has 0 saturated carbocycles. The zero-order chi connectivity index (χ0) is 15.1. The Hall–Kier alpha value is -1.03. The van der Waals surface area contributed by atoms with Crippen molar-refractivity contribution in [2.24, 2.45) is 0 Å². The molecule has 0 N–H and O–H groups in total. The molecule has 0 bridgehead atoms. The average molecular weight is 406 g/mol. The highest BCUT2D eigenvalue weighted by molar-refractivity contribution is 14.1. The Morgan fingerprint density at radius 1 is 0.900 bits per heavy atom. The van der Waals surface area contributed by atoms with Crippen molar-refractivity contribution in [2.45, 2.75) is 0 Å². The first kappa shape index (κ1) is 17.0. The summed E-state index contributed by atoms with van der Waals surface area (Å²) < 4.78 is 66.9. The summed E-state index contributed by atoms with van der Waals surface area (Å²) in [4.78, 5) is 0. The fourth-order valence-corrected chi connectivity index (χ4v) is 1.68. The van der Waals surface area contributed by atoms with E-state index in [2.05, 4.69) is 11.3 Å². The lowest BCUT2D eigenvalue weighted by Gasteiger charge is -2.11. The summed E-state index contributed by atoms with van der Waals surface area (Å²) in [5, 5.41) is 0. The fraction of sp³-hybridized carbons (Fsp3) is 0.333. The van der Waals surface area contributed by atoms with E-state index in [0.717, 1.165) is 0 Å². The monoisotopic (exact) mass is 406 g/mol. The number of ether oxygens (including phenoxy) is 3. The van der Waals surface area contributed by atoms with E-state index in [1.807, 2.05) is 0 Å². The maximum Gasteiger partial charge on any atom is 0.205 e. The second kappa shape index (κ2) is 8.30. The number of hydrogen-bond donors (Lipinski definition) is 0. The minimum absolute atomic E-state index is 0.0192. The summed E-state index contributed by atoms with van der Waals surface area (Å²) in [5.74, 6) is -7.20. The van der Waals surface area contributed by atoms with Gasteiger partial charge in [0.25, 0.3) is 0 Å². The Bertz CT molecular complexity index is 453. The standard InChI is InChI=1S/C12H11F4IO3/c1-2-18-3-4-19-5-6-20-12-9(15)7(13)11(17)8(14)10(12)16/h2H,1,3-6H2. The smallest absolute Gasteiger partial charge is 0.205 e. The van der Waals surface area contributed by atoms with Gasteiger partial charge in [0.1, 0.15) is 13.2 Å². The number of hydrogen-bond acceptors (Lipinski definition) is 3. The quantitative estimate of drug-likeness (QED) is 0.166. The van der Waals surface area contributed by atoms with Crippen molar-refractivity contribution < 1.29 is 31.8 Å². The molecule has 0 aliphatic rings. The molecule has 0 unspecified atom stereocenters. The van der Waals surface area contributed by atoms with Crippen LogP contribution >= 0.6 is 22.6 Å². The van der Waals surface area contributed by atoms with Crippen molar-refractivity contribution in [3.63, 3.8) is 0 Å². The predicted molar refractivity (Wildman–Crippen MR) is 71.5 cm³/mol. The molecule has 0 heterocycles. The van der Waals surface area contributed by atoms with Crippen molar-refractivity contribution >= 4 is 22.6 Å². The second-order valence-corrected chi connectivity index (χ2v) is 4.48. The van der Waals surface area contributed by atoms with Gasteiger partial charge in [-0.1, -0.05) is 6.58 Å². The van der Waals surface area contributed by atoms with E-state index < -0.39 is 32.6 Å². The van der Waals surface area contributed by atoms with Crippen LogP contribution in [0.2, 0.25) is 0 Å². The Labute approximate surface area is 126 Å². The zero-order valence-corrected chi connectivity index (χ0v) is 12.4. The molecule has 8 heteroatoms. The fourth-order valence-electron chi connectivity index (χ4n) is 1.21. The molecule has 20 heavy (non-hydrogen) atoms. The molecule has 0 amide bonds. The van der Waals surface area contributed by atoms with Gasteiger partial charge in [0.2, 0.25) is 11.6 Å². The topological polar surface area (TPSA) is 27.7 Å². The van der Waals surface area contributed by atoms with Crippen LogP contribution in [0.1, 0.15) is 0 Å². The number of benzene rings is 1. The Morgan fingerprint density at radius 2 is 1.45 bits per heavy atom. The molecule has 0 aliphatic heterocycles. The third-order valence-electron chi connectivity index (χ3n) is 2.11. The van der Waals surface area contributed by atoms with Crippen LogP contribution in [0.3, 0.4) is 0 Å². The lowest BCUT2D eigenvalue weighted by molar-refractivity contribution is 0.0633. The molecule has 0 spiro atoms. The zero-order valence-electron chi connectivity index (χ0n) is 10.2. The van der Waals surface area contributed by atoms with Gasteiger partial charge >= 0.3 is 0 Å². The van der Waals surface area contributed by atoms with Gasteiger partial charge in [-0.05, 0) is 22.6 Å². The Morgan fingerprint density at radius 3 is 2.00 bits per heavy atom. The minimum Gasteiger partial charge on any atom is -0.499 e. The minimum atomic E-state index is -1.57. The third-order valence-corrected chi connectivity index (χ3v) is 3.05. The van der Waals surface area contributed by atoms with E-state index in [-0.39, 0.29) is 26.4 Å². The largest absolute Gasteiger partial charge is 0.499 e. The van der Waals surface area contributed by atoms with Crippen molar-refractivity contribution in [1.82, 2.24) is 0 Å². The molecule has 0 saturated heterocycles. The summed E-state index contributed by atoms with van der Waals surface area (Å²) in [6.45, 7) is 3.52. The first-order valence-electron chi connectivity index (χ1n) is 5.45. The van der Waals surface area contributed by atoms with E-state index in [1.165, 1.54) is 28.9 Å². The van der Waals surface area contributed by atoms with Crippen LogP contribution < -0.4 is 4.74 Å². The Kier molecular flexibility index (Phi) is 7.06. The molecule has 0 atom stereocenters. The predicted octanol–water partition coefficient (Wildman–Crippen LogP) is 3.40. The lowest BCUT2D eigenvalue weighted by Crippen LogP contribution is -2.13. The van der Waals surface area contributed by atoms with Crippen molar-refractivity contribution in [1.29, 1.82) is 0 Å². The van der Waals surface area contributed by atoms with Gasteiger partial charge in [-0.25, -0.2) is 8.78 Å². The summed E-state index contributed by atoms with van der Waals surface area (Å²) in [5.41, 5.74) is 0. The van der Waals surface area contributed by atoms with Crippen molar-refractivity contribution in [2.75, 3.05) is 26.4 Å². The highest BCUT2D eigenvalue weighted by Crippen LogP contribution is 2.30. The lowest BCUT2D eigenvalue weighted by atomic mass is 10.3. The van der Waals surface area contributed by atoms with Crippen LogP contribution in [-0.2, 0) is 9.47 Å². The van der Waals surface area contributed by atoms with Gasteiger partial charge < -0.3 is 14.2 Å². The van der Waals surface area contributed by atoms with Crippen LogP contribution in [0.25, 0.3) is 0 Å². The third kappa shape index (κ3) is 4.23. The van der Waals surface area contributed by atoms with Crippen LogP contribution in [0, 0.1) is 26.8 Å². The SMILES string of the molecule is C=COCCOCCOc1c(F)c(F)c(I)c(F)c1F. The molecule has 1 aromatic carbocycles. The Balaban J connectivity index is 2.54. The van der Waals surface area contributed by atoms with Gasteiger partial charge in [0.15, 0.2) is 17.4 Å². The molecule has 0 fully saturated rings. The van der Waals surface area contributed by atoms with Gasteiger partial charge in [0.05, 0.1) is 23.0 Å². The van der Waals surface area contributed by atoms with Gasteiger partial charge in [0, 0.05) is 0 Å². The van der Waals surface area contributed by atoms with E-state index in [9.17, 15) is 17.6 Å². The van der Waals surface area contributed by atoms with Gasteiger partial charge in [-0.2, -0.15) is 8.78 Å². The van der Waals surface area contributed by atoms with Crippen LogP contribution in [-0.4, -0.2) is 26.4 Å².